The summed E-state index contributed by atoms with van der Waals surface area (Å²) >= 11 is 0. The zero-order valence-corrected chi connectivity index (χ0v) is 13.9. The fourth-order valence-electron chi connectivity index (χ4n) is 3.26. The van der Waals surface area contributed by atoms with Crippen molar-refractivity contribution in [3.05, 3.63) is 87.6 Å². The van der Waals surface area contributed by atoms with Crippen molar-refractivity contribution in [3.63, 3.8) is 0 Å². The lowest BCUT2D eigenvalue weighted by atomic mass is 9.87. The van der Waals surface area contributed by atoms with Gasteiger partial charge in [0, 0.05) is 23.4 Å². The van der Waals surface area contributed by atoms with Gasteiger partial charge in [-0.05, 0) is 43.0 Å². The van der Waals surface area contributed by atoms with Crippen LogP contribution in [0.1, 0.15) is 29.9 Å². The number of benzene rings is 2. The van der Waals surface area contributed by atoms with E-state index in [1.165, 1.54) is 5.56 Å². The van der Waals surface area contributed by atoms with Gasteiger partial charge in [0.1, 0.15) is 0 Å². The van der Waals surface area contributed by atoms with Crippen molar-refractivity contribution >= 4 is 5.69 Å². The Morgan fingerprint density at radius 1 is 1.12 bits per heavy atom. The SMILES string of the molecule is Cc1ccc(N2C=C(C(C[N+](=O)[O-])c3ccccc3)CCC2)cc1. The van der Waals surface area contributed by atoms with Crippen molar-refractivity contribution in [2.75, 3.05) is 18.0 Å². The van der Waals surface area contributed by atoms with Crippen molar-refractivity contribution in [1.29, 1.82) is 0 Å². The average Bonchev–Trinajstić information content (AvgIpc) is 2.61. The van der Waals surface area contributed by atoms with Gasteiger partial charge < -0.3 is 4.90 Å². The lowest BCUT2D eigenvalue weighted by Crippen LogP contribution is -2.26. The van der Waals surface area contributed by atoms with Crippen molar-refractivity contribution in [3.8, 4) is 0 Å². The van der Waals surface area contributed by atoms with Crippen LogP contribution in [0.25, 0.3) is 0 Å². The molecule has 2 aromatic rings. The number of anilines is 1. The molecular formula is C20H22N2O2. The highest BCUT2D eigenvalue weighted by Gasteiger charge is 2.25. The van der Waals surface area contributed by atoms with E-state index in [-0.39, 0.29) is 17.4 Å². The quantitative estimate of drug-likeness (QED) is 0.600. The summed E-state index contributed by atoms with van der Waals surface area (Å²) in [6.07, 6.45) is 4.05. The van der Waals surface area contributed by atoms with Crippen LogP contribution in [0.2, 0.25) is 0 Å². The Hall–Kier alpha value is -2.62. The van der Waals surface area contributed by atoms with Gasteiger partial charge in [-0.3, -0.25) is 10.1 Å². The standard InChI is InChI=1S/C20H22N2O2/c1-16-9-11-19(12-10-16)21-13-5-8-18(14-21)20(15-22(23)24)17-6-3-2-4-7-17/h2-4,6-7,9-12,14,20H,5,8,13,15H2,1H3. The summed E-state index contributed by atoms with van der Waals surface area (Å²) in [6, 6.07) is 18.2. The van der Waals surface area contributed by atoms with Gasteiger partial charge in [0.25, 0.3) is 0 Å². The predicted molar refractivity (Wildman–Crippen MR) is 96.9 cm³/mol. The number of hydrogen-bond acceptors (Lipinski definition) is 3. The first-order valence-corrected chi connectivity index (χ1v) is 8.34. The molecule has 0 fully saturated rings. The number of nitrogens with zero attached hydrogens (tertiary/aromatic N) is 2. The third-order valence-electron chi connectivity index (χ3n) is 4.53. The van der Waals surface area contributed by atoms with Gasteiger partial charge in [0.05, 0.1) is 5.92 Å². The molecule has 124 valence electrons. The van der Waals surface area contributed by atoms with E-state index in [9.17, 15) is 10.1 Å². The second-order valence-electron chi connectivity index (χ2n) is 6.32. The molecule has 1 heterocycles. The average molecular weight is 322 g/mol. The molecule has 0 saturated heterocycles. The zero-order valence-electron chi connectivity index (χ0n) is 13.9. The van der Waals surface area contributed by atoms with Crippen molar-refractivity contribution in [2.24, 2.45) is 0 Å². The Morgan fingerprint density at radius 2 is 1.83 bits per heavy atom. The minimum atomic E-state index is -0.205. The van der Waals surface area contributed by atoms with E-state index in [1.54, 1.807) is 0 Å². The fraction of sp³-hybridized carbons (Fsp3) is 0.300. The second kappa shape index (κ2) is 7.30. The van der Waals surface area contributed by atoms with Crippen LogP contribution in [0.5, 0.6) is 0 Å². The molecule has 0 bridgehead atoms. The van der Waals surface area contributed by atoms with E-state index < -0.39 is 0 Å². The lowest BCUT2D eigenvalue weighted by molar-refractivity contribution is -0.482. The number of hydrogen-bond donors (Lipinski definition) is 0. The van der Waals surface area contributed by atoms with Gasteiger partial charge in [-0.25, -0.2) is 0 Å². The minimum absolute atomic E-state index is 0.0580. The third-order valence-corrected chi connectivity index (χ3v) is 4.53. The molecule has 1 aliphatic heterocycles. The summed E-state index contributed by atoms with van der Waals surface area (Å²) in [5.74, 6) is -0.158. The Bertz CT molecular complexity index is 723. The van der Waals surface area contributed by atoms with Crippen LogP contribution < -0.4 is 4.90 Å². The zero-order chi connectivity index (χ0) is 16.9. The Morgan fingerprint density at radius 3 is 2.50 bits per heavy atom. The molecule has 1 atom stereocenters. The van der Waals surface area contributed by atoms with E-state index in [0.29, 0.717) is 0 Å². The topological polar surface area (TPSA) is 46.4 Å². The van der Waals surface area contributed by atoms with Crippen LogP contribution in [0.15, 0.2) is 66.4 Å². The van der Waals surface area contributed by atoms with Crippen molar-refractivity contribution in [1.82, 2.24) is 0 Å². The Kier molecular flexibility index (Phi) is 4.94. The molecule has 0 amide bonds. The molecule has 0 spiro atoms. The highest BCUT2D eigenvalue weighted by molar-refractivity contribution is 5.52. The van der Waals surface area contributed by atoms with Gasteiger partial charge in [0.15, 0.2) is 0 Å². The molecule has 3 rings (SSSR count). The van der Waals surface area contributed by atoms with Gasteiger partial charge in [-0.2, -0.15) is 0 Å². The summed E-state index contributed by atoms with van der Waals surface area (Å²) in [6.45, 7) is 2.97. The van der Waals surface area contributed by atoms with Crippen molar-refractivity contribution in [2.45, 2.75) is 25.7 Å². The molecule has 0 radical (unpaired) electrons. The van der Waals surface area contributed by atoms with Crippen LogP contribution in [-0.2, 0) is 0 Å². The maximum atomic E-state index is 11.2. The Labute approximate surface area is 142 Å². The first-order valence-electron chi connectivity index (χ1n) is 8.34. The number of rotatable bonds is 5. The first kappa shape index (κ1) is 16.2. The first-order chi connectivity index (χ1) is 11.6. The van der Waals surface area contributed by atoms with Gasteiger partial charge in [0.2, 0.25) is 6.54 Å². The van der Waals surface area contributed by atoms with E-state index in [0.717, 1.165) is 36.2 Å². The molecule has 0 aromatic heterocycles. The molecule has 2 aromatic carbocycles. The molecule has 24 heavy (non-hydrogen) atoms. The monoisotopic (exact) mass is 322 g/mol. The predicted octanol–water partition coefficient (Wildman–Crippen LogP) is 4.54. The lowest BCUT2D eigenvalue weighted by Gasteiger charge is -2.29. The maximum Gasteiger partial charge on any atom is 0.214 e. The van der Waals surface area contributed by atoms with E-state index in [2.05, 4.69) is 42.3 Å². The maximum absolute atomic E-state index is 11.2. The number of aryl methyl sites for hydroxylation is 1. The third kappa shape index (κ3) is 3.82. The molecular weight excluding hydrogens is 300 g/mol. The molecule has 4 heteroatoms. The van der Waals surface area contributed by atoms with Crippen LogP contribution in [0.4, 0.5) is 5.69 Å². The van der Waals surface area contributed by atoms with E-state index in [1.807, 2.05) is 30.3 Å². The van der Waals surface area contributed by atoms with Crippen LogP contribution >= 0.6 is 0 Å². The summed E-state index contributed by atoms with van der Waals surface area (Å²) in [4.78, 5) is 13.2. The van der Waals surface area contributed by atoms with E-state index in [4.69, 9.17) is 0 Å². The molecule has 4 nitrogen and oxygen atoms in total. The van der Waals surface area contributed by atoms with Gasteiger partial charge in [-0.15, -0.1) is 0 Å². The summed E-state index contributed by atoms with van der Waals surface area (Å²) in [5, 5.41) is 11.2. The highest BCUT2D eigenvalue weighted by atomic mass is 16.6. The normalized spacial score (nSPS) is 15.7. The highest BCUT2D eigenvalue weighted by Crippen LogP contribution is 2.32. The number of nitro groups is 1. The molecule has 0 N–H and O–H groups in total. The van der Waals surface area contributed by atoms with Crippen LogP contribution in [0.3, 0.4) is 0 Å². The summed E-state index contributed by atoms with van der Waals surface area (Å²) in [5.41, 5.74) is 4.54. The van der Waals surface area contributed by atoms with Crippen LogP contribution in [0, 0.1) is 17.0 Å². The van der Waals surface area contributed by atoms with E-state index >= 15 is 0 Å². The smallest absolute Gasteiger partial charge is 0.214 e. The molecule has 1 unspecified atom stereocenters. The molecule has 0 saturated carbocycles. The van der Waals surface area contributed by atoms with Crippen molar-refractivity contribution < 1.29 is 4.92 Å². The van der Waals surface area contributed by atoms with Crippen LogP contribution in [-0.4, -0.2) is 18.0 Å². The minimum Gasteiger partial charge on any atom is -0.348 e. The Balaban J connectivity index is 1.91. The summed E-state index contributed by atoms with van der Waals surface area (Å²) in [7, 11) is 0. The summed E-state index contributed by atoms with van der Waals surface area (Å²) < 4.78 is 0. The molecule has 1 aliphatic rings. The second-order valence-corrected chi connectivity index (χ2v) is 6.32. The van der Waals surface area contributed by atoms with Gasteiger partial charge >= 0.3 is 0 Å². The molecule has 0 aliphatic carbocycles. The van der Waals surface area contributed by atoms with Gasteiger partial charge in [-0.1, -0.05) is 48.0 Å². The largest absolute Gasteiger partial charge is 0.348 e. The fourth-order valence-corrected chi connectivity index (χ4v) is 3.26.